The molecule has 0 fully saturated rings. The molecule has 7 heteroatoms. The van der Waals surface area contributed by atoms with E-state index in [0.717, 1.165) is 10.2 Å². The van der Waals surface area contributed by atoms with Gasteiger partial charge in [-0.1, -0.05) is 11.6 Å². The Morgan fingerprint density at radius 2 is 2.29 bits per heavy atom. The summed E-state index contributed by atoms with van der Waals surface area (Å²) in [7, 11) is 0. The van der Waals surface area contributed by atoms with Crippen molar-refractivity contribution in [3.63, 3.8) is 0 Å². The minimum absolute atomic E-state index is 0.202. The number of pyridine rings is 1. The van der Waals surface area contributed by atoms with Gasteiger partial charge < -0.3 is 14.5 Å². The van der Waals surface area contributed by atoms with Gasteiger partial charge in [-0.25, -0.2) is 4.79 Å². The van der Waals surface area contributed by atoms with Crippen LogP contribution in [-0.4, -0.2) is 17.6 Å². The Bertz CT molecular complexity index is 630. The van der Waals surface area contributed by atoms with Gasteiger partial charge in [-0.2, -0.15) is 0 Å². The topological polar surface area (TPSA) is 64.4 Å². The van der Waals surface area contributed by atoms with Crippen LogP contribution in [0.25, 0.3) is 0 Å². The number of hydrogen-bond acceptors (Lipinski definition) is 5. The summed E-state index contributed by atoms with van der Waals surface area (Å²) in [6.45, 7) is 3.04. The van der Waals surface area contributed by atoms with Crippen LogP contribution in [0.15, 0.2) is 33.3 Å². The van der Waals surface area contributed by atoms with Crippen molar-refractivity contribution in [3.05, 3.63) is 51.1 Å². The molecule has 21 heavy (non-hydrogen) atoms. The normalized spacial score (nSPS) is 10.6. The predicted octanol–water partition coefficient (Wildman–Crippen LogP) is 3.56. The van der Waals surface area contributed by atoms with Crippen LogP contribution in [0.4, 0.5) is 0 Å². The second-order valence-electron chi connectivity index (χ2n) is 4.17. The number of hydrogen-bond donors (Lipinski definition) is 1. The molecule has 2 rings (SSSR count). The van der Waals surface area contributed by atoms with E-state index in [1.807, 2.05) is 0 Å². The van der Waals surface area contributed by atoms with Crippen molar-refractivity contribution < 1.29 is 13.9 Å². The van der Waals surface area contributed by atoms with Gasteiger partial charge in [0.05, 0.1) is 23.9 Å². The highest BCUT2D eigenvalue weighted by molar-refractivity contribution is 9.10. The molecule has 0 unspecified atom stereocenters. The predicted molar refractivity (Wildman–Crippen MR) is 82.2 cm³/mol. The monoisotopic (exact) mass is 372 g/mol. The third-order valence-electron chi connectivity index (χ3n) is 2.61. The molecular weight excluding hydrogens is 360 g/mol. The fraction of sp³-hybridized carbons (Fsp3) is 0.286. The molecule has 0 amide bonds. The number of esters is 1. The van der Waals surface area contributed by atoms with Gasteiger partial charge in [0.1, 0.15) is 5.76 Å². The van der Waals surface area contributed by atoms with Crippen molar-refractivity contribution in [2.45, 2.75) is 20.0 Å². The standard InChI is InChI=1S/C14H14BrClN2O3/c1-2-20-14(19)13-4-3-10(21-13)7-17-8-12-11(16)5-9(15)6-18-12/h3-6,17H,2,7-8H2,1H3. The molecule has 0 aliphatic rings. The number of rotatable bonds is 6. The lowest BCUT2D eigenvalue weighted by molar-refractivity contribution is 0.0488. The molecule has 5 nitrogen and oxygen atoms in total. The third-order valence-corrected chi connectivity index (χ3v) is 3.37. The lowest BCUT2D eigenvalue weighted by atomic mass is 10.3. The second kappa shape index (κ2) is 7.59. The van der Waals surface area contributed by atoms with Crippen molar-refractivity contribution >= 4 is 33.5 Å². The molecule has 2 heterocycles. The summed E-state index contributed by atoms with van der Waals surface area (Å²) in [4.78, 5) is 15.7. The number of nitrogens with zero attached hydrogens (tertiary/aromatic N) is 1. The summed E-state index contributed by atoms with van der Waals surface area (Å²) in [5.41, 5.74) is 0.747. The molecule has 0 aliphatic carbocycles. The summed E-state index contributed by atoms with van der Waals surface area (Å²) in [6.07, 6.45) is 1.69. The second-order valence-corrected chi connectivity index (χ2v) is 5.49. The minimum Gasteiger partial charge on any atom is -0.460 e. The average Bonchev–Trinajstić information content (AvgIpc) is 2.90. The number of furan rings is 1. The molecule has 1 N–H and O–H groups in total. The minimum atomic E-state index is -0.457. The number of carbonyl (C=O) groups is 1. The Labute approximate surface area is 135 Å². The zero-order valence-corrected chi connectivity index (χ0v) is 13.7. The molecule has 0 bridgehead atoms. The fourth-order valence-corrected chi connectivity index (χ4v) is 2.36. The fourth-order valence-electron chi connectivity index (χ4n) is 1.66. The number of halogens is 2. The Morgan fingerprint density at radius 3 is 3.00 bits per heavy atom. The Balaban J connectivity index is 1.87. The molecule has 0 saturated heterocycles. The Kier molecular flexibility index (Phi) is 5.78. The first-order valence-corrected chi connectivity index (χ1v) is 7.53. The maximum Gasteiger partial charge on any atom is 0.374 e. The molecule has 112 valence electrons. The zero-order chi connectivity index (χ0) is 15.2. The van der Waals surface area contributed by atoms with E-state index in [4.69, 9.17) is 20.8 Å². The molecule has 0 aromatic carbocycles. The summed E-state index contributed by atoms with van der Waals surface area (Å²) in [5.74, 6) is 0.390. The van der Waals surface area contributed by atoms with E-state index in [1.165, 1.54) is 0 Å². The first kappa shape index (κ1) is 16.0. The van der Waals surface area contributed by atoms with Crippen LogP contribution in [0.5, 0.6) is 0 Å². The highest BCUT2D eigenvalue weighted by Crippen LogP contribution is 2.18. The van der Waals surface area contributed by atoms with E-state index in [0.29, 0.717) is 30.5 Å². The van der Waals surface area contributed by atoms with Gasteiger partial charge in [0.25, 0.3) is 0 Å². The first-order chi connectivity index (χ1) is 10.1. The Morgan fingerprint density at radius 1 is 1.48 bits per heavy atom. The van der Waals surface area contributed by atoms with E-state index in [9.17, 15) is 4.79 Å². The van der Waals surface area contributed by atoms with Gasteiger partial charge in [0, 0.05) is 17.2 Å². The maximum atomic E-state index is 11.5. The van der Waals surface area contributed by atoms with Crippen molar-refractivity contribution in [1.29, 1.82) is 0 Å². The van der Waals surface area contributed by atoms with Crippen molar-refractivity contribution in [1.82, 2.24) is 10.3 Å². The smallest absolute Gasteiger partial charge is 0.374 e. The van der Waals surface area contributed by atoms with E-state index < -0.39 is 5.97 Å². The van der Waals surface area contributed by atoms with Crippen molar-refractivity contribution in [3.8, 4) is 0 Å². The molecular formula is C14H14BrClN2O3. The largest absolute Gasteiger partial charge is 0.460 e. The molecule has 0 saturated carbocycles. The van der Waals surface area contributed by atoms with Gasteiger partial charge in [0.15, 0.2) is 0 Å². The van der Waals surface area contributed by atoms with Crippen LogP contribution >= 0.6 is 27.5 Å². The van der Waals surface area contributed by atoms with Crippen LogP contribution in [0.1, 0.15) is 28.9 Å². The SMILES string of the molecule is CCOC(=O)c1ccc(CNCc2ncc(Br)cc2Cl)o1. The lowest BCUT2D eigenvalue weighted by Gasteiger charge is -2.05. The number of aromatic nitrogens is 1. The van der Waals surface area contributed by atoms with Crippen LogP contribution in [-0.2, 0) is 17.8 Å². The highest BCUT2D eigenvalue weighted by atomic mass is 79.9. The van der Waals surface area contributed by atoms with Gasteiger partial charge in [0.2, 0.25) is 5.76 Å². The van der Waals surface area contributed by atoms with E-state index >= 15 is 0 Å². The number of carbonyl (C=O) groups excluding carboxylic acids is 1. The average molecular weight is 374 g/mol. The van der Waals surface area contributed by atoms with Crippen LogP contribution in [0.3, 0.4) is 0 Å². The molecule has 0 radical (unpaired) electrons. The summed E-state index contributed by atoms with van der Waals surface area (Å²) < 4.78 is 11.1. The summed E-state index contributed by atoms with van der Waals surface area (Å²) in [6, 6.07) is 5.12. The van der Waals surface area contributed by atoms with Crippen LogP contribution in [0.2, 0.25) is 5.02 Å². The number of ether oxygens (including phenoxy) is 1. The quantitative estimate of drug-likeness (QED) is 0.784. The van der Waals surface area contributed by atoms with Gasteiger partial charge in [-0.05, 0) is 41.1 Å². The lowest BCUT2D eigenvalue weighted by Crippen LogP contribution is -2.13. The Hall–Kier alpha value is -1.37. The molecule has 2 aromatic heterocycles. The zero-order valence-electron chi connectivity index (χ0n) is 11.4. The van der Waals surface area contributed by atoms with E-state index in [1.54, 1.807) is 31.3 Å². The maximum absolute atomic E-state index is 11.5. The van der Waals surface area contributed by atoms with Gasteiger partial charge >= 0.3 is 5.97 Å². The van der Waals surface area contributed by atoms with E-state index in [-0.39, 0.29) is 5.76 Å². The summed E-state index contributed by atoms with van der Waals surface area (Å²) in [5, 5.41) is 3.74. The van der Waals surface area contributed by atoms with Gasteiger partial charge in [-0.3, -0.25) is 4.98 Å². The molecule has 0 atom stereocenters. The van der Waals surface area contributed by atoms with Crippen LogP contribution in [0, 0.1) is 0 Å². The van der Waals surface area contributed by atoms with Crippen LogP contribution < -0.4 is 5.32 Å². The van der Waals surface area contributed by atoms with Gasteiger partial charge in [-0.15, -0.1) is 0 Å². The third kappa shape index (κ3) is 4.56. The molecule has 2 aromatic rings. The van der Waals surface area contributed by atoms with Crippen molar-refractivity contribution in [2.24, 2.45) is 0 Å². The highest BCUT2D eigenvalue weighted by Gasteiger charge is 2.11. The van der Waals surface area contributed by atoms with Crippen molar-refractivity contribution in [2.75, 3.05) is 6.61 Å². The first-order valence-electron chi connectivity index (χ1n) is 6.36. The summed E-state index contributed by atoms with van der Waals surface area (Å²) >= 11 is 9.38. The number of nitrogens with one attached hydrogen (secondary N) is 1. The molecule has 0 spiro atoms. The van der Waals surface area contributed by atoms with E-state index in [2.05, 4.69) is 26.2 Å². The molecule has 0 aliphatic heterocycles.